The van der Waals surface area contributed by atoms with Crippen molar-refractivity contribution in [3.8, 4) is 0 Å². The van der Waals surface area contributed by atoms with Crippen LogP contribution in [0.1, 0.15) is 55.6 Å². The van der Waals surface area contributed by atoms with Crippen LogP contribution in [-0.4, -0.2) is 28.6 Å². The summed E-state index contributed by atoms with van der Waals surface area (Å²) in [6, 6.07) is 7.39. The van der Waals surface area contributed by atoms with Crippen LogP contribution in [0.5, 0.6) is 0 Å². The van der Waals surface area contributed by atoms with E-state index in [1.54, 1.807) is 13.8 Å². The van der Waals surface area contributed by atoms with Crippen molar-refractivity contribution in [3.05, 3.63) is 56.7 Å². The molecule has 0 fully saturated rings. The monoisotopic (exact) mass is 403 g/mol. The van der Waals surface area contributed by atoms with Gasteiger partial charge in [0, 0.05) is 21.3 Å². The molecule has 0 aliphatic rings. The van der Waals surface area contributed by atoms with Gasteiger partial charge >= 0.3 is 5.97 Å². The lowest BCUT2D eigenvalue weighted by atomic mass is 10.0. The normalized spacial score (nSPS) is 12.2. The van der Waals surface area contributed by atoms with Gasteiger partial charge in [-0.3, -0.25) is 9.59 Å². The minimum absolute atomic E-state index is 0.123. The Morgan fingerprint density at radius 1 is 1.19 bits per heavy atom. The first-order valence-corrected chi connectivity index (χ1v) is 9.54. The van der Waals surface area contributed by atoms with Crippen molar-refractivity contribution in [1.82, 2.24) is 4.98 Å². The predicted molar refractivity (Wildman–Crippen MR) is 106 cm³/mol. The van der Waals surface area contributed by atoms with Crippen molar-refractivity contribution in [2.75, 3.05) is 0 Å². The van der Waals surface area contributed by atoms with Gasteiger partial charge < -0.3 is 9.72 Å². The number of hydrogen-bond donors (Lipinski definition) is 1. The van der Waals surface area contributed by atoms with Crippen LogP contribution in [0.3, 0.4) is 0 Å². The molecule has 2 heterocycles. The lowest BCUT2D eigenvalue weighted by Gasteiger charge is -2.11. The number of fused-ring (bicyclic) bond motifs is 1. The molecule has 1 atom stereocenters. The number of halogens is 1. The van der Waals surface area contributed by atoms with E-state index in [4.69, 9.17) is 16.3 Å². The Kier molecular flexibility index (Phi) is 5.22. The highest BCUT2D eigenvalue weighted by Gasteiger charge is 2.28. The van der Waals surface area contributed by atoms with Gasteiger partial charge in [-0.1, -0.05) is 29.8 Å². The van der Waals surface area contributed by atoms with Crippen molar-refractivity contribution in [2.45, 2.75) is 33.8 Å². The number of benzene rings is 1. The Balaban J connectivity index is 1.84. The number of rotatable bonds is 5. The van der Waals surface area contributed by atoms with Crippen molar-refractivity contribution in [1.29, 1.82) is 0 Å². The molecule has 5 nitrogen and oxygen atoms in total. The molecule has 0 bridgehead atoms. The molecule has 0 unspecified atom stereocenters. The van der Waals surface area contributed by atoms with Crippen LogP contribution in [0.4, 0.5) is 0 Å². The average molecular weight is 404 g/mol. The predicted octanol–water partition coefficient (Wildman–Crippen LogP) is 5.13. The third-order valence-corrected chi connectivity index (χ3v) is 6.06. The standard InChI is InChI=1S/C20H18ClNO4S/c1-9-15(11(3)23)10(2)22-17(9)18(24)12(4)26-20(25)19-16(21)13-7-5-6-8-14(13)27-19/h5-8,12,22H,1-4H3/t12-/m0/s1. The van der Waals surface area contributed by atoms with Gasteiger partial charge in [-0.25, -0.2) is 4.79 Å². The van der Waals surface area contributed by atoms with Crippen molar-refractivity contribution in [3.63, 3.8) is 0 Å². The molecule has 0 radical (unpaired) electrons. The number of aryl methyl sites for hydroxylation is 1. The third kappa shape index (κ3) is 3.42. The van der Waals surface area contributed by atoms with Gasteiger partial charge in [-0.2, -0.15) is 0 Å². The first-order chi connectivity index (χ1) is 12.7. The first kappa shape index (κ1) is 19.3. The van der Waals surface area contributed by atoms with Crippen molar-refractivity contribution < 1.29 is 19.1 Å². The van der Waals surface area contributed by atoms with E-state index in [9.17, 15) is 14.4 Å². The largest absolute Gasteiger partial charge is 0.450 e. The highest BCUT2D eigenvalue weighted by molar-refractivity contribution is 7.21. The minimum Gasteiger partial charge on any atom is -0.450 e. The Bertz CT molecular complexity index is 1080. The van der Waals surface area contributed by atoms with Crippen LogP contribution in [0.25, 0.3) is 10.1 Å². The molecule has 1 aromatic carbocycles. The van der Waals surface area contributed by atoms with Crippen molar-refractivity contribution in [2.24, 2.45) is 0 Å². The highest BCUT2D eigenvalue weighted by Crippen LogP contribution is 2.35. The van der Waals surface area contributed by atoms with Crippen LogP contribution in [0.15, 0.2) is 24.3 Å². The zero-order valence-corrected chi connectivity index (χ0v) is 16.9. The van der Waals surface area contributed by atoms with Gasteiger partial charge in [-0.05, 0) is 39.3 Å². The quantitative estimate of drug-likeness (QED) is 0.473. The molecule has 1 N–H and O–H groups in total. The minimum atomic E-state index is -1.02. The van der Waals surface area contributed by atoms with E-state index < -0.39 is 17.9 Å². The summed E-state index contributed by atoms with van der Waals surface area (Å²) in [5.41, 5.74) is 1.95. The second-order valence-electron chi connectivity index (χ2n) is 6.33. The maximum Gasteiger partial charge on any atom is 0.350 e. The molecule has 0 spiro atoms. The van der Waals surface area contributed by atoms with E-state index in [2.05, 4.69) is 4.98 Å². The average Bonchev–Trinajstić information content (AvgIpc) is 3.11. The van der Waals surface area contributed by atoms with E-state index >= 15 is 0 Å². The molecule has 3 rings (SSSR count). The molecule has 3 aromatic rings. The van der Waals surface area contributed by atoms with Crippen LogP contribution in [0, 0.1) is 13.8 Å². The number of thiophene rings is 1. The molecular weight excluding hydrogens is 386 g/mol. The highest BCUT2D eigenvalue weighted by atomic mass is 35.5. The maximum absolute atomic E-state index is 12.7. The summed E-state index contributed by atoms with van der Waals surface area (Å²) in [4.78, 5) is 40.2. The number of carbonyl (C=O) groups is 3. The van der Waals surface area contributed by atoms with E-state index in [0.29, 0.717) is 21.8 Å². The number of aromatic nitrogens is 1. The zero-order valence-electron chi connectivity index (χ0n) is 15.3. The molecule has 0 saturated carbocycles. The Labute approximate surface area is 165 Å². The first-order valence-electron chi connectivity index (χ1n) is 8.34. The van der Waals surface area contributed by atoms with E-state index in [-0.39, 0.29) is 16.4 Å². The topological polar surface area (TPSA) is 76.2 Å². The summed E-state index contributed by atoms with van der Waals surface area (Å²) in [5.74, 6) is -1.16. The van der Waals surface area contributed by atoms with E-state index in [1.165, 1.54) is 25.2 Å². The molecule has 0 saturated heterocycles. The molecule has 140 valence electrons. The summed E-state index contributed by atoms with van der Waals surface area (Å²) >= 11 is 7.52. The number of ether oxygens (including phenoxy) is 1. The fourth-order valence-corrected chi connectivity index (χ4v) is 4.53. The van der Waals surface area contributed by atoms with Gasteiger partial charge in [0.15, 0.2) is 11.9 Å². The Morgan fingerprint density at radius 3 is 2.44 bits per heavy atom. The summed E-state index contributed by atoms with van der Waals surface area (Å²) in [7, 11) is 0. The Morgan fingerprint density at radius 2 is 1.85 bits per heavy atom. The van der Waals surface area contributed by atoms with E-state index in [1.807, 2.05) is 24.3 Å². The summed E-state index contributed by atoms with van der Waals surface area (Å²) < 4.78 is 6.23. The fraction of sp³-hybridized carbons (Fsp3) is 0.250. The second-order valence-corrected chi connectivity index (χ2v) is 7.76. The van der Waals surface area contributed by atoms with Gasteiger partial charge in [0.25, 0.3) is 0 Å². The molecule has 0 aliphatic heterocycles. The van der Waals surface area contributed by atoms with E-state index in [0.717, 1.165) is 10.1 Å². The molecule has 0 amide bonds. The fourth-order valence-electron chi connectivity index (χ4n) is 3.14. The number of H-pyrrole nitrogens is 1. The second kappa shape index (κ2) is 7.29. The summed E-state index contributed by atoms with van der Waals surface area (Å²) in [6.07, 6.45) is -1.02. The molecule has 7 heteroatoms. The number of ketones is 2. The number of carbonyl (C=O) groups excluding carboxylic acids is 3. The smallest absolute Gasteiger partial charge is 0.350 e. The Hall–Kier alpha value is -2.44. The summed E-state index contributed by atoms with van der Waals surface area (Å²) in [5, 5.41) is 1.10. The van der Waals surface area contributed by atoms with Crippen LogP contribution >= 0.6 is 22.9 Å². The maximum atomic E-state index is 12.7. The number of hydrogen-bond acceptors (Lipinski definition) is 5. The molecule has 27 heavy (non-hydrogen) atoms. The van der Waals surface area contributed by atoms with Gasteiger partial charge in [-0.15, -0.1) is 11.3 Å². The zero-order chi connectivity index (χ0) is 19.9. The van der Waals surface area contributed by atoms with Crippen LogP contribution in [-0.2, 0) is 4.74 Å². The van der Waals surface area contributed by atoms with Gasteiger partial charge in [0.2, 0.25) is 5.78 Å². The molecule has 2 aromatic heterocycles. The third-order valence-electron chi connectivity index (χ3n) is 4.41. The molecular formula is C20H18ClNO4S. The SMILES string of the molecule is CC(=O)c1c(C)[nH]c(C(=O)[C@H](C)OC(=O)c2sc3ccccc3c2Cl)c1C. The number of nitrogens with one attached hydrogen (secondary N) is 1. The lowest BCUT2D eigenvalue weighted by molar-refractivity contribution is 0.0322. The number of Topliss-reactive ketones (excluding diaryl/α,β-unsaturated/α-hetero) is 2. The van der Waals surface area contributed by atoms with Crippen molar-refractivity contribution >= 4 is 50.6 Å². The van der Waals surface area contributed by atoms with Gasteiger partial charge in [0.1, 0.15) is 4.88 Å². The van der Waals surface area contributed by atoms with Crippen LogP contribution in [0.2, 0.25) is 5.02 Å². The van der Waals surface area contributed by atoms with Gasteiger partial charge in [0.05, 0.1) is 10.7 Å². The molecule has 0 aliphatic carbocycles. The number of esters is 1. The summed E-state index contributed by atoms with van der Waals surface area (Å²) in [6.45, 7) is 6.38. The lowest BCUT2D eigenvalue weighted by Crippen LogP contribution is -2.25. The number of aromatic amines is 1. The van der Waals surface area contributed by atoms with Crippen LogP contribution < -0.4 is 0 Å².